The summed E-state index contributed by atoms with van der Waals surface area (Å²) in [5, 5.41) is 3.56. The number of nitrogens with one attached hydrogen (secondary N) is 1. The summed E-state index contributed by atoms with van der Waals surface area (Å²) in [7, 11) is 0. The van der Waals surface area contributed by atoms with Crippen LogP contribution in [0.3, 0.4) is 0 Å². The van der Waals surface area contributed by atoms with Crippen LogP contribution in [0.25, 0.3) is 0 Å². The first-order valence-corrected chi connectivity index (χ1v) is 5.77. The van der Waals surface area contributed by atoms with Crippen molar-refractivity contribution in [2.75, 3.05) is 13.1 Å². The van der Waals surface area contributed by atoms with Gasteiger partial charge in [0.15, 0.2) is 0 Å². The van der Waals surface area contributed by atoms with Crippen molar-refractivity contribution < 1.29 is 4.74 Å². The molecule has 1 N–H and O–H groups in total. The first-order valence-electron chi connectivity index (χ1n) is 5.77. The van der Waals surface area contributed by atoms with Crippen molar-refractivity contribution in [2.24, 2.45) is 5.92 Å². The van der Waals surface area contributed by atoms with Crippen LogP contribution in [0, 0.1) is 5.92 Å². The molecule has 1 saturated heterocycles. The molecule has 0 radical (unpaired) electrons. The lowest BCUT2D eigenvalue weighted by Crippen LogP contribution is -2.53. The third kappa shape index (κ3) is 1.50. The Bertz CT molecular complexity index is 194. The zero-order chi connectivity index (χ0) is 8.73. The second-order valence-corrected chi connectivity index (χ2v) is 5.01. The van der Waals surface area contributed by atoms with E-state index in [-0.39, 0.29) is 5.60 Å². The summed E-state index contributed by atoms with van der Waals surface area (Å²) in [6.07, 6.45) is 8.70. The van der Waals surface area contributed by atoms with E-state index in [2.05, 4.69) is 5.32 Å². The smallest absolute Gasteiger partial charge is 0.0810 e. The summed E-state index contributed by atoms with van der Waals surface area (Å²) >= 11 is 0. The molecule has 74 valence electrons. The molecule has 13 heavy (non-hydrogen) atoms. The summed E-state index contributed by atoms with van der Waals surface area (Å²) in [5.41, 5.74) is 0.255. The van der Waals surface area contributed by atoms with Crippen molar-refractivity contribution in [2.45, 2.75) is 50.2 Å². The van der Waals surface area contributed by atoms with Gasteiger partial charge in [-0.15, -0.1) is 0 Å². The number of hydrogen-bond donors (Lipinski definition) is 1. The van der Waals surface area contributed by atoms with Crippen molar-refractivity contribution in [3.05, 3.63) is 0 Å². The second-order valence-electron chi connectivity index (χ2n) is 5.01. The highest BCUT2D eigenvalue weighted by molar-refractivity contribution is 4.96. The largest absolute Gasteiger partial charge is 0.369 e. The van der Waals surface area contributed by atoms with Crippen LogP contribution in [-0.2, 0) is 4.74 Å². The highest BCUT2D eigenvalue weighted by atomic mass is 16.5. The minimum Gasteiger partial charge on any atom is -0.369 e. The predicted molar refractivity (Wildman–Crippen MR) is 51.7 cm³/mol. The lowest BCUT2D eigenvalue weighted by Gasteiger charge is -2.39. The third-order valence-electron chi connectivity index (χ3n) is 3.86. The molecule has 0 aromatic heterocycles. The zero-order valence-corrected chi connectivity index (χ0v) is 8.22. The van der Waals surface area contributed by atoms with E-state index in [1.165, 1.54) is 38.5 Å². The van der Waals surface area contributed by atoms with Crippen molar-refractivity contribution in [3.8, 4) is 0 Å². The van der Waals surface area contributed by atoms with Crippen LogP contribution in [0.5, 0.6) is 0 Å². The van der Waals surface area contributed by atoms with Crippen molar-refractivity contribution in [1.29, 1.82) is 0 Å². The fraction of sp³-hybridized carbons (Fsp3) is 1.00. The van der Waals surface area contributed by atoms with Crippen molar-refractivity contribution in [1.82, 2.24) is 5.32 Å². The van der Waals surface area contributed by atoms with Gasteiger partial charge in [0, 0.05) is 13.1 Å². The highest BCUT2D eigenvalue weighted by Gasteiger charge is 2.44. The lowest BCUT2D eigenvalue weighted by molar-refractivity contribution is -0.119. The molecule has 0 bridgehead atoms. The van der Waals surface area contributed by atoms with Crippen LogP contribution in [0.1, 0.15) is 38.5 Å². The Labute approximate surface area is 80.0 Å². The molecule has 3 fully saturated rings. The highest BCUT2D eigenvalue weighted by Crippen LogP contribution is 2.41. The van der Waals surface area contributed by atoms with E-state index in [1.807, 2.05) is 0 Å². The molecule has 0 amide bonds. The minimum absolute atomic E-state index is 0.255. The molecule has 1 heterocycles. The number of hydrogen-bond acceptors (Lipinski definition) is 2. The van der Waals surface area contributed by atoms with E-state index in [0.29, 0.717) is 6.10 Å². The Morgan fingerprint density at radius 3 is 2.62 bits per heavy atom. The molecule has 1 aliphatic heterocycles. The van der Waals surface area contributed by atoms with Gasteiger partial charge in [0.25, 0.3) is 0 Å². The maximum Gasteiger partial charge on any atom is 0.0810 e. The molecule has 3 rings (SSSR count). The standard InChI is InChI=1S/C11H19NO/c1-2-6-11(5-1)8-12-7-10(13-11)9-3-4-9/h9-10,12H,1-8H2. The molecular formula is C11H19NO. The minimum atomic E-state index is 0.255. The molecule has 2 aliphatic carbocycles. The van der Waals surface area contributed by atoms with Crippen LogP contribution < -0.4 is 5.32 Å². The zero-order valence-electron chi connectivity index (χ0n) is 8.22. The van der Waals surface area contributed by atoms with Crippen LogP contribution in [0.4, 0.5) is 0 Å². The van der Waals surface area contributed by atoms with Gasteiger partial charge in [0.1, 0.15) is 0 Å². The molecule has 1 unspecified atom stereocenters. The van der Waals surface area contributed by atoms with E-state index in [9.17, 15) is 0 Å². The fourth-order valence-electron chi connectivity index (χ4n) is 2.89. The fourth-order valence-corrected chi connectivity index (χ4v) is 2.89. The molecule has 2 nitrogen and oxygen atoms in total. The summed E-state index contributed by atoms with van der Waals surface area (Å²) in [6.45, 7) is 2.21. The molecule has 1 spiro atoms. The van der Waals surface area contributed by atoms with Crippen molar-refractivity contribution in [3.63, 3.8) is 0 Å². The van der Waals surface area contributed by atoms with Gasteiger partial charge in [-0.1, -0.05) is 12.8 Å². The van der Waals surface area contributed by atoms with Gasteiger partial charge in [-0.25, -0.2) is 0 Å². The van der Waals surface area contributed by atoms with Crippen LogP contribution >= 0.6 is 0 Å². The number of rotatable bonds is 1. The Kier molecular flexibility index (Phi) is 1.88. The van der Waals surface area contributed by atoms with Gasteiger partial charge in [-0.2, -0.15) is 0 Å². The topological polar surface area (TPSA) is 21.3 Å². The van der Waals surface area contributed by atoms with Crippen molar-refractivity contribution >= 4 is 0 Å². The predicted octanol–water partition coefficient (Wildman–Crippen LogP) is 1.70. The second kappa shape index (κ2) is 2.96. The van der Waals surface area contributed by atoms with E-state index in [4.69, 9.17) is 4.74 Å². The summed E-state index contributed by atoms with van der Waals surface area (Å²) in [4.78, 5) is 0. The van der Waals surface area contributed by atoms with E-state index >= 15 is 0 Å². The van der Waals surface area contributed by atoms with Gasteiger partial charge >= 0.3 is 0 Å². The Balaban J connectivity index is 1.68. The van der Waals surface area contributed by atoms with E-state index < -0.39 is 0 Å². The average molecular weight is 181 g/mol. The molecule has 1 atom stereocenters. The molecule has 3 aliphatic rings. The van der Waals surface area contributed by atoms with Gasteiger partial charge < -0.3 is 10.1 Å². The quantitative estimate of drug-likeness (QED) is 0.665. The van der Waals surface area contributed by atoms with Crippen LogP contribution in [0.2, 0.25) is 0 Å². The van der Waals surface area contributed by atoms with Gasteiger partial charge in [0.2, 0.25) is 0 Å². The van der Waals surface area contributed by atoms with E-state index in [1.54, 1.807) is 0 Å². The van der Waals surface area contributed by atoms with Gasteiger partial charge in [0.05, 0.1) is 11.7 Å². The molecule has 2 saturated carbocycles. The van der Waals surface area contributed by atoms with Gasteiger partial charge in [-0.05, 0) is 31.6 Å². The lowest BCUT2D eigenvalue weighted by atomic mass is 9.98. The number of morpholine rings is 1. The molecule has 2 heteroatoms. The monoisotopic (exact) mass is 181 g/mol. The van der Waals surface area contributed by atoms with E-state index in [0.717, 1.165) is 19.0 Å². The molecule has 0 aromatic rings. The number of ether oxygens (including phenoxy) is 1. The third-order valence-corrected chi connectivity index (χ3v) is 3.86. The summed E-state index contributed by atoms with van der Waals surface area (Å²) in [5.74, 6) is 0.894. The first kappa shape index (κ1) is 8.25. The Morgan fingerprint density at radius 1 is 1.15 bits per heavy atom. The normalized spacial score (nSPS) is 38.3. The SMILES string of the molecule is C1CCC2(C1)CNCC(C1CC1)O2. The van der Waals surface area contributed by atoms with Crippen LogP contribution in [-0.4, -0.2) is 24.8 Å². The Hall–Kier alpha value is -0.0800. The molecular weight excluding hydrogens is 162 g/mol. The summed E-state index contributed by atoms with van der Waals surface area (Å²) < 4.78 is 6.30. The molecule has 0 aromatic carbocycles. The van der Waals surface area contributed by atoms with Gasteiger partial charge in [-0.3, -0.25) is 0 Å². The maximum absolute atomic E-state index is 6.30. The Morgan fingerprint density at radius 2 is 1.92 bits per heavy atom. The summed E-state index contributed by atoms with van der Waals surface area (Å²) in [6, 6.07) is 0. The maximum atomic E-state index is 6.30. The first-order chi connectivity index (χ1) is 6.38. The average Bonchev–Trinajstić information content (AvgIpc) is 2.91. The van der Waals surface area contributed by atoms with Crippen LogP contribution in [0.15, 0.2) is 0 Å².